The van der Waals surface area contributed by atoms with Gasteiger partial charge in [0.05, 0.1) is 17.8 Å². The summed E-state index contributed by atoms with van der Waals surface area (Å²) in [6.07, 6.45) is 0. The topological polar surface area (TPSA) is 72.2 Å². The van der Waals surface area contributed by atoms with E-state index in [0.29, 0.717) is 5.56 Å². The number of nitrogens with two attached hydrogens (primary N) is 1. The molecule has 0 saturated heterocycles. The molecule has 224 valence electrons. The number of rotatable bonds is 11. The fourth-order valence-electron chi connectivity index (χ4n) is 6.25. The third-order valence-electron chi connectivity index (χ3n) is 8.37. The number of nitrogens with one attached hydrogen (secondary N) is 1. The Morgan fingerprint density at radius 2 is 0.844 bits per heavy atom. The predicted octanol–water partition coefficient (Wildman–Crippen LogP) is 4.92. The van der Waals surface area contributed by atoms with Crippen LogP contribution in [0.25, 0.3) is 0 Å². The predicted molar refractivity (Wildman–Crippen MR) is 188 cm³/mol. The van der Waals surface area contributed by atoms with E-state index in [2.05, 4.69) is 89.7 Å². The van der Waals surface area contributed by atoms with Gasteiger partial charge in [-0.25, -0.2) is 13.1 Å². The summed E-state index contributed by atoms with van der Waals surface area (Å²) >= 11 is 0. The molecule has 0 aromatic heterocycles. The first-order valence-corrected chi connectivity index (χ1v) is 18.7. The van der Waals surface area contributed by atoms with E-state index in [0.717, 1.165) is 11.1 Å². The molecule has 45 heavy (non-hydrogen) atoms. The van der Waals surface area contributed by atoms with Crippen LogP contribution in [-0.4, -0.2) is 16.5 Å². The van der Waals surface area contributed by atoms with E-state index in [9.17, 15) is 8.42 Å². The summed E-state index contributed by atoms with van der Waals surface area (Å²) in [5.41, 5.74) is 9.07. The molecule has 6 aromatic carbocycles. The van der Waals surface area contributed by atoms with Crippen LogP contribution in [0.1, 0.15) is 28.8 Å². The Morgan fingerprint density at radius 1 is 0.489 bits per heavy atom. The van der Waals surface area contributed by atoms with Crippen LogP contribution in [0.3, 0.4) is 0 Å². The van der Waals surface area contributed by atoms with Gasteiger partial charge >= 0.3 is 0 Å². The normalized spacial score (nSPS) is 13.2. The first-order chi connectivity index (χ1) is 22.0. The van der Waals surface area contributed by atoms with Gasteiger partial charge in [0.2, 0.25) is 10.0 Å². The smallest absolute Gasteiger partial charge is 0.216 e. The highest BCUT2D eigenvalue weighted by atomic mass is 32.2. The van der Waals surface area contributed by atoms with Crippen LogP contribution in [0.2, 0.25) is 0 Å². The molecule has 0 aliphatic rings. The van der Waals surface area contributed by atoms with Crippen LogP contribution < -0.4 is 31.2 Å². The Kier molecular flexibility index (Phi) is 9.19. The average Bonchev–Trinajstić information content (AvgIpc) is 3.10. The second kappa shape index (κ2) is 13.6. The molecule has 0 fully saturated rings. The van der Waals surface area contributed by atoms with Crippen molar-refractivity contribution in [3.05, 3.63) is 193 Å². The average molecular weight is 625 g/mol. The molecule has 2 unspecified atom stereocenters. The van der Waals surface area contributed by atoms with E-state index in [1.165, 1.54) is 20.7 Å². The van der Waals surface area contributed by atoms with Crippen molar-refractivity contribution in [3.63, 3.8) is 0 Å². The molecule has 0 aliphatic carbocycles. The zero-order valence-electron chi connectivity index (χ0n) is 24.9. The fraction of sp³-hybridized carbons (Fsp3) is 0.0769. The highest BCUT2D eigenvalue weighted by molar-refractivity contribution is 7.88. The first-order valence-electron chi connectivity index (χ1n) is 15.1. The maximum absolute atomic E-state index is 13.7. The molecule has 2 atom stereocenters. The van der Waals surface area contributed by atoms with E-state index in [4.69, 9.17) is 5.73 Å². The molecule has 0 amide bonds. The lowest BCUT2D eigenvalue weighted by Crippen LogP contribution is -2.74. The Labute approximate surface area is 267 Å². The van der Waals surface area contributed by atoms with Gasteiger partial charge in [-0.2, -0.15) is 0 Å². The lowest BCUT2D eigenvalue weighted by Gasteiger charge is -2.34. The lowest BCUT2D eigenvalue weighted by atomic mass is 9.95. The van der Waals surface area contributed by atoms with Crippen molar-refractivity contribution in [2.45, 2.75) is 17.8 Å². The molecular weight excluding hydrogens is 589 g/mol. The Balaban J connectivity index is 1.36. The maximum Gasteiger partial charge on any atom is 0.216 e. The van der Waals surface area contributed by atoms with Crippen molar-refractivity contribution in [1.29, 1.82) is 0 Å². The molecule has 6 heteroatoms. The van der Waals surface area contributed by atoms with E-state index in [1.54, 1.807) is 0 Å². The van der Waals surface area contributed by atoms with E-state index in [-0.39, 0.29) is 5.75 Å². The van der Waals surface area contributed by atoms with Gasteiger partial charge in [0.15, 0.2) is 8.07 Å². The minimum absolute atomic E-state index is 0.158. The number of hydrogen-bond donors (Lipinski definition) is 2. The Morgan fingerprint density at radius 3 is 1.27 bits per heavy atom. The van der Waals surface area contributed by atoms with Gasteiger partial charge in [0.1, 0.15) is 0 Å². The second-order valence-corrected chi connectivity index (χ2v) is 16.8. The van der Waals surface area contributed by atoms with Crippen molar-refractivity contribution in [1.82, 2.24) is 4.72 Å². The number of sulfonamides is 1. The molecule has 6 aromatic rings. The maximum atomic E-state index is 13.7. The largest absolute Gasteiger partial charge is 0.322 e. The minimum atomic E-state index is -3.76. The number of benzene rings is 6. The number of hydrogen-bond acceptors (Lipinski definition) is 3. The zero-order valence-corrected chi connectivity index (χ0v) is 26.7. The van der Waals surface area contributed by atoms with Gasteiger partial charge in [0, 0.05) is 0 Å². The molecule has 0 spiro atoms. The quantitative estimate of drug-likeness (QED) is 0.159. The van der Waals surface area contributed by atoms with Crippen LogP contribution in [-0.2, 0) is 15.8 Å². The molecule has 0 bridgehead atoms. The molecule has 3 N–H and O–H groups in total. The third kappa shape index (κ3) is 6.60. The summed E-state index contributed by atoms with van der Waals surface area (Å²) in [6, 6.07) is 58.1. The van der Waals surface area contributed by atoms with Crippen LogP contribution in [0.4, 0.5) is 0 Å². The molecule has 0 radical (unpaired) electrons. The summed E-state index contributed by atoms with van der Waals surface area (Å²) in [4.78, 5) is 0. The van der Waals surface area contributed by atoms with Gasteiger partial charge in [-0.05, 0) is 37.4 Å². The summed E-state index contributed by atoms with van der Waals surface area (Å²) < 4.78 is 30.4. The molecule has 0 aliphatic heterocycles. The van der Waals surface area contributed by atoms with Crippen molar-refractivity contribution < 1.29 is 8.42 Å². The molecule has 6 rings (SSSR count). The van der Waals surface area contributed by atoms with Crippen molar-refractivity contribution in [2.75, 3.05) is 0 Å². The van der Waals surface area contributed by atoms with Crippen LogP contribution in [0.5, 0.6) is 0 Å². The summed E-state index contributed by atoms with van der Waals surface area (Å²) in [5, 5.41) is 4.99. The minimum Gasteiger partial charge on any atom is -0.322 e. The summed E-state index contributed by atoms with van der Waals surface area (Å²) in [5.74, 6) is -0.158. The lowest BCUT2D eigenvalue weighted by molar-refractivity contribution is 0.503. The highest BCUT2D eigenvalue weighted by Crippen LogP contribution is 2.28. The van der Waals surface area contributed by atoms with Gasteiger partial charge < -0.3 is 5.73 Å². The second-order valence-electron chi connectivity index (χ2n) is 11.2. The Bertz CT molecular complexity index is 1810. The summed E-state index contributed by atoms with van der Waals surface area (Å²) in [6.45, 7) is 0. The fourth-order valence-corrected chi connectivity index (χ4v) is 12.4. The van der Waals surface area contributed by atoms with E-state index < -0.39 is 30.2 Å². The van der Waals surface area contributed by atoms with Gasteiger partial charge in [-0.15, -0.1) is 0 Å². The van der Waals surface area contributed by atoms with Gasteiger partial charge in [-0.1, -0.05) is 176 Å². The summed E-state index contributed by atoms with van der Waals surface area (Å²) in [7, 11) is -6.44. The molecule has 0 saturated carbocycles. The molecule has 0 heterocycles. The van der Waals surface area contributed by atoms with Crippen LogP contribution >= 0.6 is 0 Å². The third-order valence-corrected chi connectivity index (χ3v) is 14.5. The first kappa shape index (κ1) is 30.4. The van der Waals surface area contributed by atoms with Gasteiger partial charge in [-0.3, -0.25) is 0 Å². The Hall–Kier alpha value is -4.59. The van der Waals surface area contributed by atoms with Crippen molar-refractivity contribution in [2.24, 2.45) is 5.73 Å². The van der Waals surface area contributed by atoms with E-state index >= 15 is 0 Å². The molecular formula is C39H36N2O2SSi. The van der Waals surface area contributed by atoms with Crippen LogP contribution in [0, 0.1) is 0 Å². The van der Waals surface area contributed by atoms with Crippen molar-refractivity contribution >= 4 is 38.8 Å². The zero-order chi connectivity index (χ0) is 31.1. The van der Waals surface area contributed by atoms with Gasteiger partial charge in [0.25, 0.3) is 0 Å². The monoisotopic (exact) mass is 624 g/mol. The standard InChI is InChI=1S/C39H36N2O2SSi/c40-38(32-16-6-1-7-17-32)39(33-18-8-2-9-19-33)41-44(42,43)30-31-26-28-37(29-27-31)45(34-20-10-3-11-21-34,35-22-12-4-13-23-35)36-24-14-5-15-25-36/h1-29,38-39,41H,30,40H2. The SMILES string of the molecule is NC(c1ccccc1)C(NS(=O)(=O)Cc1ccc([Si](c2ccccc2)(c2ccccc2)c2ccccc2)cc1)c1ccccc1. The van der Waals surface area contributed by atoms with E-state index in [1.807, 2.05) is 91.0 Å². The van der Waals surface area contributed by atoms with Crippen molar-refractivity contribution in [3.8, 4) is 0 Å². The van der Waals surface area contributed by atoms with Crippen LogP contribution in [0.15, 0.2) is 176 Å². The highest BCUT2D eigenvalue weighted by Gasteiger charge is 2.41. The molecule has 4 nitrogen and oxygen atoms in total.